The molecule has 6 aromatic rings. The van der Waals surface area contributed by atoms with E-state index in [1.165, 1.54) is 82.2 Å². The fraction of sp³-hybridized carbons (Fsp3) is 0.417. The van der Waals surface area contributed by atoms with E-state index in [4.69, 9.17) is 38.5 Å². The van der Waals surface area contributed by atoms with Crippen LogP contribution in [0.15, 0.2) is 73.7 Å². The number of thiazole rings is 4. The molecule has 0 spiro atoms. The topological polar surface area (TPSA) is 227 Å². The van der Waals surface area contributed by atoms with Gasteiger partial charge in [0.25, 0.3) is 11.1 Å². The van der Waals surface area contributed by atoms with Crippen molar-refractivity contribution in [1.82, 2.24) is 44.8 Å². The maximum Gasteiger partial charge on any atom is 1.00 e. The van der Waals surface area contributed by atoms with E-state index >= 15 is 0 Å². The number of rotatable bonds is 9. The number of aldehydes is 1. The molecule has 66 heavy (non-hydrogen) atoms. The molecule has 0 aromatic carbocycles. The van der Waals surface area contributed by atoms with Crippen LogP contribution in [-0.4, -0.2) is 113 Å². The maximum atomic E-state index is 11.2. The number of aromatic amines is 3. The molecule has 15 nitrogen and oxygen atoms in total. The Balaban J connectivity index is -0.000000125. The zero-order chi connectivity index (χ0) is 49.6. The molecule has 0 unspecified atom stereocenters. The van der Waals surface area contributed by atoms with Gasteiger partial charge in [0.05, 0.1) is 38.9 Å². The van der Waals surface area contributed by atoms with Crippen LogP contribution >= 0.6 is 159 Å². The number of aromatic nitrogens is 8. The predicted octanol–water partition coefficient (Wildman–Crippen LogP) is 8.71. The van der Waals surface area contributed by atoms with Crippen molar-refractivity contribution in [2.45, 2.75) is 64.4 Å². The van der Waals surface area contributed by atoms with Crippen LogP contribution < -0.4 is 40.7 Å². The number of carbonyl (C=O) groups is 1. The van der Waals surface area contributed by atoms with Crippen LogP contribution in [0.4, 0.5) is 0 Å². The van der Waals surface area contributed by atoms with Crippen LogP contribution in [0.2, 0.25) is 0 Å². The monoisotopic (exact) mass is 1350 g/mol. The molecule has 0 fully saturated rings. The van der Waals surface area contributed by atoms with E-state index in [1.807, 2.05) is 24.8 Å². The van der Waals surface area contributed by atoms with E-state index in [-0.39, 0.29) is 73.1 Å². The third kappa shape index (κ3) is 53.7. The fourth-order valence-electron chi connectivity index (χ4n) is 3.25. The first-order chi connectivity index (χ1) is 30.6. The first-order valence-electron chi connectivity index (χ1n) is 17.9. The van der Waals surface area contributed by atoms with Gasteiger partial charge in [-0.15, -0.1) is 68.5 Å². The SMILES string of the molecule is BrCc1cncs1.BrP(Br)Br.CCN(CC)CC.CCO.CO.Cc1cc(=O)[nH]c(=S)[nH]1.Cc1cc(=O)[nH]c(SCc2cncs2)n1.ClCCl.O=Cc1cncs1.OCc1cncs1.[B].[H-].[Na+]. The number of nitrogens with zero attached hydrogens (tertiary/aromatic N) is 6. The fourth-order valence-corrected chi connectivity index (χ4v) is 6.93. The molecule has 0 amide bonds. The van der Waals surface area contributed by atoms with Crippen molar-refractivity contribution < 1.29 is 51.1 Å². The van der Waals surface area contributed by atoms with Crippen molar-refractivity contribution in [3.63, 3.8) is 0 Å². The normalized spacial score (nSPS) is 8.82. The quantitative estimate of drug-likeness (QED) is 0.0151. The summed E-state index contributed by atoms with van der Waals surface area (Å²) in [6.45, 7) is 15.8. The number of H-pyrrole nitrogens is 3. The number of hydrogen-bond donors (Lipinski definition) is 6. The van der Waals surface area contributed by atoms with E-state index in [9.17, 15) is 14.4 Å². The average Bonchev–Trinajstić information content (AvgIpc) is 4.12. The van der Waals surface area contributed by atoms with Gasteiger partial charge in [0.2, 0.25) is 0 Å². The molecule has 0 saturated heterocycles. The van der Waals surface area contributed by atoms with Gasteiger partial charge in [0.15, 0.2) is 16.2 Å². The second-order valence-electron chi connectivity index (χ2n) is 10.2. The first kappa shape index (κ1) is 77.8. The van der Waals surface area contributed by atoms with Gasteiger partial charge >= 0.3 is 29.6 Å². The van der Waals surface area contributed by atoms with Crippen LogP contribution in [-0.2, 0) is 17.7 Å². The van der Waals surface area contributed by atoms with Crippen LogP contribution in [0.3, 0.4) is 0 Å². The van der Waals surface area contributed by atoms with Crippen molar-refractivity contribution in [2.24, 2.45) is 0 Å². The van der Waals surface area contributed by atoms with Crippen LogP contribution in [0.5, 0.6) is 0 Å². The molecule has 30 heteroatoms. The maximum absolute atomic E-state index is 11.2. The van der Waals surface area contributed by atoms with E-state index < -0.39 is 0 Å². The second-order valence-corrected chi connectivity index (χ2v) is 32.1. The summed E-state index contributed by atoms with van der Waals surface area (Å²) in [6, 6.07) is 2.94. The minimum Gasteiger partial charge on any atom is -1.00 e. The summed E-state index contributed by atoms with van der Waals surface area (Å²) in [5, 5.41) is 24.7. The average molecular weight is 1360 g/mol. The van der Waals surface area contributed by atoms with Gasteiger partial charge in [-0.2, -0.15) is 0 Å². The molecule has 6 N–H and O–H groups in total. The van der Waals surface area contributed by atoms with E-state index in [2.05, 4.69) is 140 Å². The van der Waals surface area contributed by atoms with Gasteiger partial charge in [-0.3, -0.25) is 39.3 Å². The predicted molar refractivity (Wildman–Crippen MR) is 300 cm³/mol. The second kappa shape index (κ2) is 57.9. The van der Waals surface area contributed by atoms with Crippen LogP contribution in [0.1, 0.15) is 64.8 Å². The molecule has 6 heterocycles. The third-order valence-corrected chi connectivity index (χ3v) is 11.1. The molecule has 0 saturated carbocycles. The molecule has 3 radical (unpaired) electrons. The standard InChI is InChI=1S/C9H9N3OS2.C6H15N.C5H6N2OS.C4H4BrNS.C4H5NOS.C4H3NOS.C2H6O.CH2Cl2.CH4O.B.Br3P.Na.H/c1-6-2-8(13)12-9(11-6)14-4-7-3-10-5-15-7;1-4-7(5-2)6-3;1-3-2-4(8)7-5(9)6-3;5-1-4-2-6-3-7-4;2*6-2-4-1-5-3-7-4;1-2-3;2-1-3;1-2;;1-4(2)3;;/h2-3,5H,4H2,1H3,(H,11,12,13);4-6H2,1-3H3;2H,1H3,(H2,6,7,8,9);2-3H,1H2;1,3,6H,2H2;1-3H;3H,2H2,1H3;1H2;2H,1H3;;;;/q;;;;;;;;;;;+1;-1. The number of aryl methyl sites for hydroxylation is 2. The summed E-state index contributed by atoms with van der Waals surface area (Å²) in [6.07, 6.45) is 7.67. The molecule has 0 atom stereocenters. The number of aliphatic hydroxyl groups is 3. The molecular weight excluding hydrogens is 1300 g/mol. The number of alkyl halides is 3. The molecule has 6 rings (SSSR count). The molecule has 367 valence electrons. The van der Waals surface area contributed by atoms with E-state index in [0.717, 1.165) is 40.7 Å². The number of nitrogens with one attached hydrogen (secondary N) is 3. The molecule has 0 aliphatic carbocycles. The summed E-state index contributed by atoms with van der Waals surface area (Å²) in [5.74, 6) is 0.789. The zero-order valence-electron chi connectivity index (χ0n) is 38.5. The van der Waals surface area contributed by atoms with Crippen molar-refractivity contribution in [3.8, 4) is 0 Å². The molecule has 0 aliphatic rings. The Bertz CT molecular complexity index is 1970. The number of hydrogen-bond acceptors (Lipinski definition) is 18. The number of carbonyl (C=O) groups excluding carboxylic acids is 1. The van der Waals surface area contributed by atoms with Crippen molar-refractivity contribution in [2.75, 3.05) is 38.7 Å². The minimum atomic E-state index is -0.183. The summed E-state index contributed by atoms with van der Waals surface area (Å²) in [7, 11) is 1.00. The Labute approximate surface area is 482 Å². The van der Waals surface area contributed by atoms with Gasteiger partial charge in [-0.05, 0) is 99.1 Å². The van der Waals surface area contributed by atoms with Crippen molar-refractivity contribution in [1.29, 1.82) is 0 Å². The van der Waals surface area contributed by atoms with Crippen LogP contribution in [0, 0.1) is 18.6 Å². The molecule has 0 aliphatic heterocycles. The summed E-state index contributed by atoms with van der Waals surface area (Å²) < 4.78 is 0.192. The van der Waals surface area contributed by atoms with Gasteiger partial charge in [0.1, 0.15) is 4.03 Å². The Morgan fingerprint density at radius 2 is 1.23 bits per heavy atom. The van der Waals surface area contributed by atoms with Gasteiger partial charge < -0.3 is 31.6 Å². The largest absolute Gasteiger partial charge is 1.00 e. The smallest absolute Gasteiger partial charge is 1.00 e. The zero-order valence-corrected chi connectivity index (χ0v) is 53.1. The van der Waals surface area contributed by atoms with E-state index in [1.54, 1.807) is 59.2 Å². The Morgan fingerprint density at radius 3 is 1.50 bits per heavy atom. The molecular formula is C36H55BBr4Cl2N9NaO6PS6. The summed E-state index contributed by atoms with van der Waals surface area (Å²) >= 11 is 34.6. The summed E-state index contributed by atoms with van der Waals surface area (Å²) in [4.78, 5) is 65.4. The molecule has 6 aromatic heterocycles. The van der Waals surface area contributed by atoms with Crippen LogP contribution in [0.25, 0.3) is 0 Å². The van der Waals surface area contributed by atoms with Gasteiger partial charge in [-0.25, -0.2) is 4.98 Å². The van der Waals surface area contributed by atoms with Crippen molar-refractivity contribution >= 4 is 174 Å². The van der Waals surface area contributed by atoms with Crippen molar-refractivity contribution in [3.05, 3.63) is 115 Å². The Kier molecular flexibility index (Phi) is 68.3. The number of aliphatic hydroxyl groups excluding tert-OH is 3. The Morgan fingerprint density at radius 1 is 0.803 bits per heavy atom. The van der Waals surface area contributed by atoms with Gasteiger partial charge in [0, 0.05) is 96.2 Å². The number of thioether (sulfide) groups is 1. The third-order valence-electron chi connectivity index (χ3n) is 5.74. The minimum absolute atomic E-state index is 0. The first-order valence-corrected chi connectivity index (χ1v) is 32.4. The Hall–Kier alpha value is 0.355. The van der Waals surface area contributed by atoms with Gasteiger partial charge in [-0.1, -0.05) is 48.5 Å². The molecule has 0 bridgehead atoms. The summed E-state index contributed by atoms with van der Waals surface area (Å²) in [5.41, 5.74) is 8.22. The number of halogens is 6. The van der Waals surface area contributed by atoms with E-state index in [0.29, 0.717) is 14.8 Å².